The highest BCUT2D eigenvalue weighted by atomic mass is 32.1. The van der Waals surface area contributed by atoms with E-state index >= 15 is 0 Å². The van der Waals surface area contributed by atoms with Crippen molar-refractivity contribution in [3.63, 3.8) is 0 Å². The fraction of sp³-hybridized carbons (Fsp3) is 0.241. The Hall–Kier alpha value is -3.84. The van der Waals surface area contributed by atoms with Crippen LogP contribution in [0, 0.1) is 0 Å². The molecule has 0 amide bonds. The zero-order valence-corrected chi connectivity index (χ0v) is 21.6. The van der Waals surface area contributed by atoms with Crippen molar-refractivity contribution >= 4 is 28.2 Å². The molecule has 4 aromatic rings. The molecule has 2 N–H and O–H groups in total. The molecule has 186 valence electrons. The number of aromatic amines is 1. The van der Waals surface area contributed by atoms with Gasteiger partial charge in [0.05, 0.1) is 26.3 Å². The van der Waals surface area contributed by atoms with E-state index in [0.717, 1.165) is 33.5 Å². The van der Waals surface area contributed by atoms with Crippen LogP contribution in [0.1, 0.15) is 36.6 Å². The molecule has 0 radical (unpaired) electrons. The van der Waals surface area contributed by atoms with Crippen LogP contribution in [0.15, 0.2) is 83.7 Å². The van der Waals surface area contributed by atoms with E-state index < -0.39 is 0 Å². The van der Waals surface area contributed by atoms with Crippen LogP contribution in [0.5, 0.6) is 11.5 Å². The predicted molar refractivity (Wildman–Crippen MR) is 149 cm³/mol. The van der Waals surface area contributed by atoms with Crippen molar-refractivity contribution in [2.24, 2.45) is 0 Å². The Kier molecular flexibility index (Phi) is 8.23. The zero-order chi connectivity index (χ0) is 25.5. The molecule has 1 heterocycles. The molecule has 0 unspecified atom stereocenters. The summed E-state index contributed by atoms with van der Waals surface area (Å²) in [6.07, 6.45) is 0. The summed E-state index contributed by atoms with van der Waals surface area (Å²) >= 11 is 5.85. The van der Waals surface area contributed by atoms with Gasteiger partial charge in [0, 0.05) is 23.0 Å². The van der Waals surface area contributed by atoms with Gasteiger partial charge in [0.15, 0.2) is 5.11 Å². The van der Waals surface area contributed by atoms with Gasteiger partial charge < -0.3 is 24.7 Å². The van der Waals surface area contributed by atoms with E-state index in [1.54, 1.807) is 7.11 Å². The number of nitrogens with zero attached hydrogens (tertiary/aromatic N) is 1. The average Bonchev–Trinajstić information content (AvgIpc) is 2.90. The van der Waals surface area contributed by atoms with Crippen LogP contribution in [-0.2, 0) is 13.1 Å². The molecule has 0 fully saturated rings. The minimum absolute atomic E-state index is 0.0145. The molecule has 36 heavy (non-hydrogen) atoms. The van der Waals surface area contributed by atoms with Crippen molar-refractivity contribution < 1.29 is 9.47 Å². The van der Waals surface area contributed by atoms with E-state index in [0.29, 0.717) is 30.4 Å². The molecule has 0 aliphatic rings. The molecule has 1 atom stereocenters. The number of ether oxygens (including phenoxy) is 2. The van der Waals surface area contributed by atoms with Gasteiger partial charge in [-0.15, -0.1) is 0 Å². The Morgan fingerprint density at radius 1 is 1.00 bits per heavy atom. The molecule has 0 aliphatic carbocycles. The molecule has 0 saturated heterocycles. The quantitative estimate of drug-likeness (QED) is 0.292. The zero-order valence-electron chi connectivity index (χ0n) is 20.8. The number of pyridine rings is 1. The fourth-order valence-corrected chi connectivity index (χ4v) is 4.37. The number of hydrogen-bond donors (Lipinski definition) is 2. The first-order valence-electron chi connectivity index (χ1n) is 12.0. The molecule has 0 aliphatic heterocycles. The van der Waals surface area contributed by atoms with Crippen LogP contribution in [0.25, 0.3) is 10.9 Å². The van der Waals surface area contributed by atoms with Crippen LogP contribution in [0.2, 0.25) is 0 Å². The summed E-state index contributed by atoms with van der Waals surface area (Å²) in [7, 11) is 1.65. The number of rotatable bonds is 9. The molecule has 6 nitrogen and oxygen atoms in total. The number of methoxy groups -OCH3 is 1. The first-order valence-corrected chi connectivity index (χ1v) is 12.4. The number of fused-ring (bicyclic) bond motifs is 1. The summed E-state index contributed by atoms with van der Waals surface area (Å²) in [5.74, 6) is 1.56. The second-order valence-electron chi connectivity index (χ2n) is 8.59. The first kappa shape index (κ1) is 25.3. The van der Waals surface area contributed by atoms with Crippen molar-refractivity contribution in [3.05, 3.63) is 106 Å². The molecule has 0 saturated carbocycles. The molecule has 3 aromatic carbocycles. The van der Waals surface area contributed by atoms with Gasteiger partial charge in [-0.3, -0.25) is 4.79 Å². The minimum atomic E-state index is -0.134. The third-order valence-corrected chi connectivity index (χ3v) is 6.40. The summed E-state index contributed by atoms with van der Waals surface area (Å²) in [6, 6.07) is 25.6. The second-order valence-corrected chi connectivity index (χ2v) is 8.98. The number of aromatic nitrogens is 1. The average molecular weight is 502 g/mol. The topological polar surface area (TPSA) is 66.6 Å². The maximum Gasteiger partial charge on any atom is 0.253 e. The van der Waals surface area contributed by atoms with Crippen molar-refractivity contribution in [1.29, 1.82) is 0 Å². The molecule has 0 spiro atoms. The van der Waals surface area contributed by atoms with E-state index in [1.807, 2.05) is 78.6 Å². The number of hydrogen-bond acceptors (Lipinski definition) is 4. The Labute approximate surface area is 216 Å². The normalized spacial score (nSPS) is 11.6. The first-order chi connectivity index (χ1) is 17.5. The lowest BCUT2D eigenvalue weighted by atomic mass is 10.1. The molecular formula is C29H31N3O3S. The van der Waals surface area contributed by atoms with E-state index in [1.165, 1.54) is 0 Å². The Balaban J connectivity index is 1.62. The van der Waals surface area contributed by atoms with Gasteiger partial charge in [0.2, 0.25) is 0 Å². The minimum Gasteiger partial charge on any atom is -0.497 e. The van der Waals surface area contributed by atoms with Crippen LogP contribution in [-0.4, -0.2) is 28.7 Å². The van der Waals surface area contributed by atoms with Gasteiger partial charge in [-0.2, -0.15) is 0 Å². The third kappa shape index (κ3) is 6.23. The van der Waals surface area contributed by atoms with E-state index in [2.05, 4.69) is 29.4 Å². The summed E-state index contributed by atoms with van der Waals surface area (Å²) in [4.78, 5) is 18.0. The number of H-pyrrole nitrogens is 1. The van der Waals surface area contributed by atoms with Crippen LogP contribution < -0.4 is 20.3 Å². The molecule has 7 heteroatoms. The van der Waals surface area contributed by atoms with Crippen molar-refractivity contribution in [2.45, 2.75) is 33.0 Å². The van der Waals surface area contributed by atoms with E-state index in [9.17, 15) is 4.79 Å². The molecule has 0 bridgehead atoms. The lowest BCUT2D eigenvalue weighted by Gasteiger charge is -2.28. The maximum absolute atomic E-state index is 13.0. The highest BCUT2D eigenvalue weighted by Gasteiger charge is 2.17. The third-order valence-electron chi connectivity index (χ3n) is 6.02. The fourth-order valence-electron chi connectivity index (χ4n) is 4.06. The number of benzene rings is 3. The Morgan fingerprint density at radius 2 is 1.72 bits per heavy atom. The largest absolute Gasteiger partial charge is 0.497 e. The van der Waals surface area contributed by atoms with Crippen LogP contribution in [0.4, 0.5) is 0 Å². The SMILES string of the molecule is CCOc1ccc2[nH]c(=O)c(CN(Cc3ccc(OC)cc3)C(=S)N[C@@H](C)c3ccccc3)cc2c1. The lowest BCUT2D eigenvalue weighted by molar-refractivity contribution is 0.340. The number of nitrogens with one attached hydrogen (secondary N) is 2. The summed E-state index contributed by atoms with van der Waals surface area (Å²) in [6.45, 7) is 5.49. The smallest absolute Gasteiger partial charge is 0.253 e. The van der Waals surface area contributed by atoms with Gasteiger partial charge in [-0.25, -0.2) is 0 Å². The lowest BCUT2D eigenvalue weighted by Crippen LogP contribution is -2.41. The highest BCUT2D eigenvalue weighted by Crippen LogP contribution is 2.21. The maximum atomic E-state index is 13.0. The summed E-state index contributed by atoms with van der Waals surface area (Å²) < 4.78 is 10.9. The van der Waals surface area contributed by atoms with Crippen LogP contribution in [0.3, 0.4) is 0 Å². The van der Waals surface area contributed by atoms with Gasteiger partial charge in [0.1, 0.15) is 11.5 Å². The van der Waals surface area contributed by atoms with Gasteiger partial charge in [-0.05, 0) is 73.6 Å². The van der Waals surface area contributed by atoms with Gasteiger partial charge in [-0.1, -0.05) is 42.5 Å². The Bertz CT molecular complexity index is 1370. The van der Waals surface area contributed by atoms with Gasteiger partial charge in [0.25, 0.3) is 5.56 Å². The standard InChI is InChI=1S/C29H31N3O3S/c1-4-35-26-14-15-27-23(17-26)16-24(28(33)31-27)19-32(18-21-10-12-25(34-3)13-11-21)29(36)30-20(2)22-8-6-5-7-9-22/h5-17,20H,4,18-19H2,1-3H3,(H,30,36)(H,31,33)/t20-/m0/s1. The van der Waals surface area contributed by atoms with E-state index in [-0.39, 0.29) is 11.6 Å². The molecular weight excluding hydrogens is 470 g/mol. The predicted octanol–water partition coefficient (Wildman–Crippen LogP) is 5.57. The van der Waals surface area contributed by atoms with E-state index in [4.69, 9.17) is 21.7 Å². The summed E-state index contributed by atoms with van der Waals surface area (Å²) in [5.41, 5.74) is 3.46. The van der Waals surface area contributed by atoms with Crippen LogP contribution >= 0.6 is 12.2 Å². The Morgan fingerprint density at radius 3 is 2.42 bits per heavy atom. The second kappa shape index (κ2) is 11.7. The van der Waals surface area contributed by atoms with Crippen molar-refractivity contribution in [1.82, 2.24) is 15.2 Å². The summed E-state index contributed by atoms with van der Waals surface area (Å²) in [5, 5.41) is 4.93. The molecule has 1 aromatic heterocycles. The van der Waals surface area contributed by atoms with Gasteiger partial charge >= 0.3 is 0 Å². The highest BCUT2D eigenvalue weighted by molar-refractivity contribution is 7.80. The number of thiocarbonyl (C=S) groups is 1. The van der Waals surface area contributed by atoms with Crippen molar-refractivity contribution in [2.75, 3.05) is 13.7 Å². The molecule has 4 rings (SSSR count). The van der Waals surface area contributed by atoms with Crippen molar-refractivity contribution in [3.8, 4) is 11.5 Å². The monoisotopic (exact) mass is 501 g/mol.